The molecule has 2 aliphatic heterocycles. The van der Waals surface area contributed by atoms with Crippen molar-refractivity contribution < 1.29 is 36.3 Å². The van der Waals surface area contributed by atoms with E-state index in [0.29, 0.717) is 32.7 Å². The topological polar surface area (TPSA) is 104 Å². The van der Waals surface area contributed by atoms with Gasteiger partial charge in [0.2, 0.25) is 0 Å². The van der Waals surface area contributed by atoms with Crippen LogP contribution >= 0.6 is 0 Å². The first-order valence-corrected chi connectivity index (χ1v) is 19.4. The summed E-state index contributed by atoms with van der Waals surface area (Å²) in [4.78, 5) is 17.1. The SMILES string of the molecule is CC(C)(C)OC(=O)N1CCC(c2ccc(OCCCOCC3CC3)cc2)C(OCc2ccc3c(c2)N(CCCOS(C)(=O)=O)CCC3)C1. The Labute approximate surface area is 287 Å². The third-order valence-electron chi connectivity index (χ3n) is 8.97. The molecule has 0 radical (unpaired) electrons. The Balaban J connectivity index is 1.21. The Bertz CT molecular complexity index is 1440. The maximum Gasteiger partial charge on any atom is 0.410 e. The Hall–Kier alpha value is -2.86. The van der Waals surface area contributed by atoms with Crippen molar-refractivity contribution in [3.05, 3.63) is 59.2 Å². The standard InChI is InChI=1S/C37H54N2O8S/c1-37(2,3)47-36(40)39-20-17-33(30-13-15-32(16-14-30)44-22-7-21-43-26-28-9-10-28)35(25-39)45-27-29-11-12-31-8-5-18-38(34(31)24-29)19-6-23-46-48(4,41)42/h11-16,24,28,33,35H,5-10,17-23,25-27H2,1-4H3. The van der Waals surface area contributed by atoms with Gasteiger partial charge in [0.05, 0.1) is 38.7 Å². The molecule has 2 fully saturated rings. The lowest BCUT2D eigenvalue weighted by atomic mass is 9.87. The third kappa shape index (κ3) is 11.6. The summed E-state index contributed by atoms with van der Waals surface area (Å²) in [6.07, 6.45) is 7.46. The molecule has 11 heteroatoms. The minimum absolute atomic E-state index is 0.109. The first kappa shape index (κ1) is 36.4. The molecule has 10 nitrogen and oxygen atoms in total. The van der Waals surface area contributed by atoms with Crippen LogP contribution in [0.3, 0.4) is 0 Å². The molecule has 0 N–H and O–H groups in total. The van der Waals surface area contributed by atoms with E-state index in [-0.39, 0.29) is 24.7 Å². The number of benzene rings is 2. The molecule has 48 heavy (non-hydrogen) atoms. The molecule has 1 aliphatic carbocycles. The van der Waals surface area contributed by atoms with Crippen LogP contribution in [0.15, 0.2) is 42.5 Å². The number of hydrogen-bond acceptors (Lipinski definition) is 9. The Morgan fingerprint density at radius 1 is 0.958 bits per heavy atom. The summed E-state index contributed by atoms with van der Waals surface area (Å²) >= 11 is 0. The predicted molar refractivity (Wildman–Crippen MR) is 186 cm³/mol. The molecule has 1 amide bonds. The molecule has 2 aromatic rings. The zero-order valence-electron chi connectivity index (χ0n) is 29.2. The highest BCUT2D eigenvalue weighted by Crippen LogP contribution is 2.34. The maximum absolute atomic E-state index is 13.1. The van der Waals surface area contributed by atoms with E-state index in [2.05, 4.69) is 35.2 Å². The van der Waals surface area contributed by atoms with Crippen molar-refractivity contribution in [1.29, 1.82) is 0 Å². The average Bonchev–Trinajstić information content (AvgIpc) is 3.87. The molecule has 2 heterocycles. The second-order valence-electron chi connectivity index (χ2n) is 14.4. The van der Waals surface area contributed by atoms with Crippen LogP contribution in [0.1, 0.15) is 81.9 Å². The van der Waals surface area contributed by atoms with E-state index in [1.54, 1.807) is 4.90 Å². The molecule has 2 atom stereocenters. The zero-order chi connectivity index (χ0) is 34.1. The van der Waals surface area contributed by atoms with Crippen LogP contribution < -0.4 is 9.64 Å². The van der Waals surface area contributed by atoms with Gasteiger partial charge < -0.3 is 28.7 Å². The number of likely N-dealkylation sites (tertiary alicyclic amines) is 1. The Morgan fingerprint density at radius 2 is 1.75 bits per heavy atom. The number of aryl methyl sites for hydroxylation is 1. The van der Waals surface area contributed by atoms with Crippen molar-refractivity contribution >= 4 is 21.9 Å². The number of ether oxygens (including phenoxy) is 4. The van der Waals surface area contributed by atoms with Gasteiger partial charge in [-0.15, -0.1) is 0 Å². The fourth-order valence-corrected chi connectivity index (χ4v) is 6.76. The molecule has 0 bridgehead atoms. The molecule has 3 aliphatic rings. The first-order chi connectivity index (χ1) is 22.9. The number of anilines is 1. The number of carbonyl (C=O) groups is 1. The second kappa shape index (κ2) is 16.7. The van der Waals surface area contributed by atoms with Gasteiger partial charge in [-0.05, 0) is 100 Å². The van der Waals surface area contributed by atoms with Crippen LogP contribution in [0.5, 0.6) is 5.75 Å². The van der Waals surface area contributed by atoms with Crippen molar-refractivity contribution in [2.75, 3.05) is 63.8 Å². The highest BCUT2D eigenvalue weighted by molar-refractivity contribution is 7.85. The summed E-state index contributed by atoms with van der Waals surface area (Å²) in [7, 11) is -3.44. The quantitative estimate of drug-likeness (QED) is 0.148. The largest absolute Gasteiger partial charge is 0.494 e. The van der Waals surface area contributed by atoms with Gasteiger partial charge in [-0.25, -0.2) is 4.79 Å². The summed E-state index contributed by atoms with van der Waals surface area (Å²) in [5.74, 6) is 1.72. The highest BCUT2D eigenvalue weighted by atomic mass is 32.2. The van der Waals surface area contributed by atoms with Gasteiger partial charge in [-0.3, -0.25) is 4.18 Å². The summed E-state index contributed by atoms with van der Waals surface area (Å²) in [6, 6.07) is 14.8. The summed E-state index contributed by atoms with van der Waals surface area (Å²) in [5, 5.41) is 0. The molecule has 2 aromatic carbocycles. The predicted octanol–water partition coefficient (Wildman–Crippen LogP) is 6.31. The van der Waals surface area contributed by atoms with Crippen molar-refractivity contribution in [2.24, 2.45) is 5.92 Å². The van der Waals surface area contributed by atoms with Gasteiger partial charge in [0, 0.05) is 50.9 Å². The normalized spacial score (nSPS) is 20.0. The van der Waals surface area contributed by atoms with E-state index in [1.807, 2.05) is 32.9 Å². The lowest BCUT2D eigenvalue weighted by Gasteiger charge is -2.39. The summed E-state index contributed by atoms with van der Waals surface area (Å²) in [6.45, 7) is 11.1. The zero-order valence-corrected chi connectivity index (χ0v) is 30.0. The number of amides is 1. The van der Waals surface area contributed by atoms with E-state index in [1.165, 1.54) is 24.1 Å². The van der Waals surface area contributed by atoms with E-state index in [0.717, 1.165) is 81.0 Å². The minimum atomic E-state index is -3.44. The van der Waals surface area contributed by atoms with Crippen LogP contribution in [0.25, 0.3) is 0 Å². The fraction of sp³-hybridized carbons (Fsp3) is 0.649. The highest BCUT2D eigenvalue weighted by Gasteiger charge is 2.35. The average molecular weight is 687 g/mol. The number of fused-ring (bicyclic) bond motifs is 1. The molecular weight excluding hydrogens is 632 g/mol. The monoisotopic (exact) mass is 686 g/mol. The fourth-order valence-electron chi connectivity index (χ4n) is 6.34. The number of hydrogen-bond donors (Lipinski definition) is 0. The third-order valence-corrected chi connectivity index (χ3v) is 9.56. The Kier molecular flexibility index (Phi) is 12.7. The molecule has 266 valence electrons. The lowest BCUT2D eigenvalue weighted by molar-refractivity contribution is -0.0359. The van der Waals surface area contributed by atoms with Gasteiger partial charge in [0.15, 0.2) is 0 Å². The molecule has 5 rings (SSSR count). The number of carbonyl (C=O) groups excluding carboxylic acids is 1. The van der Waals surface area contributed by atoms with E-state index in [4.69, 9.17) is 23.1 Å². The smallest absolute Gasteiger partial charge is 0.410 e. The molecular formula is C37H54N2O8S. The summed E-state index contributed by atoms with van der Waals surface area (Å²) in [5.41, 5.74) is 4.11. The number of rotatable bonds is 16. The van der Waals surface area contributed by atoms with Crippen molar-refractivity contribution in [3.63, 3.8) is 0 Å². The van der Waals surface area contributed by atoms with E-state index in [9.17, 15) is 13.2 Å². The van der Waals surface area contributed by atoms with Crippen LogP contribution in [-0.2, 0) is 41.5 Å². The van der Waals surface area contributed by atoms with Crippen molar-refractivity contribution in [3.8, 4) is 5.75 Å². The number of nitrogens with zero attached hydrogens (tertiary/aromatic N) is 2. The molecule has 1 saturated heterocycles. The van der Waals surface area contributed by atoms with Crippen LogP contribution in [0.4, 0.5) is 10.5 Å². The maximum atomic E-state index is 13.1. The van der Waals surface area contributed by atoms with E-state index >= 15 is 0 Å². The van der Waals surface area contributed by atoms with Crippen LogP contribution in [0, 0.1) is 5.92 Å². The number of piperidine rings is 1. The van der Waals surface area contributed by atoms with Gasteiger partial charge in [-0.2, -0.15) is 8.42 Å². The van der Waals surface area contributed by atoms with Gasteiger partial charge in [0.1, 0.15) is 11.4 Å². The van der Waals surface area contributed by atoms with Gasteiger partial charge in [-0.1, -0.05) is 24.3 Å². The van der Waals surface area contributed by atoms with Gasteiger partial charge >= 0.3 is 6.09 Å². The molecule has 0 aromatic heterocycles. The first-order valence-electron chi connectivity index (χ1n) is 17.5. The Morgan fingerprint density at radius 3 is 2.48 bits per heavy atom. The van der Waals surface area contributed by atoms with Crippen LogP contribution in [-0.4, -0.2) is 90.0 Å². The molecule has 1 saturated carbocycles. The van der Waals surface area contributed by atoms with Crippen molar-refractivity contribution in [2.45, 2.75) is 89.9 Å². The minimum Gasteiger partial charge on any atom is -0.494 e. The second-order valence-corrected chi connectivity index (χ2v) is 16.0. The van der Waals surface area contributed by atoms with Gasteiger partial charge in [0.25, 0.3) is 10.1 Å². The lowest BCUT2D eigenvalue weighted by Crippen LogP contribution is -2.48. The van der Waals surface area contributed by atoms with Crippen molar-refractivity contribution in [1.82, 2.24) is 4.90 Å². The summed E-state index contributed by atoms with van der Waals surface area (Å²) < 4.78 is 51.8. The molecule has 2 unspecified atom stereocenters. The molecule has 0 spiro atoms. The van der Waals surface area contributed by atoms with E-state index < -0.39 is 15.7 Å². The van der Waals surface area contributed by atoms with Crippen LogP contribution in [0.2, 0.25) is 0 Å².